The fourth-order valence-corrected chi connectivity index (χ4v) is 1.41. The van der Waals surface area contributed by atoms with Crippen LogP contribution < -0.4 is 10.6 Å². The van der Waals surface area contributed by atoms with Crippen LogP contribution in [0.4, 0.5) is 0 Å². The maximum Gasteiger partial charge on any atom is 0.241 e. The Morgan fingerprint density at radius 1 is 1.43 bits per heavy atom. The summed E-state index contributed by atoms with van der Waals surface area (Å²) >= 11 is 0. The Kier molecular flexibility index (Phi) is 6.64. The van der Waals surface area contributed by atoms with Crippen LogP contribution in [0.5, 0.6) is 0 Å². The highest BCUT2D eigenvalue weighted by atomic mass is 16.2. The number of likely N-dealkylation sites (N-methyl/N-ethyl adjacent to an activating group) is 1. The van der Waals surface area contributed by atoms with Gasteiger partial charge in [-0.1, -0.05) is 13.8 Å². The monoisotopic (exact) mass is 295 g/mol. The number of carbonyl (C=O) groups is 1. The Morgan fingerprint density at radius 2 is 2.14 bits per heavy atom. The van der Waals surface area contributed by atoms with Crippen LogP contribution >= 0.6 is 0 Å². The zero-order chi connectivity index (χ0) is 15.8. The number of aryl methyl sites for hydroxylation is 1. The van der Waals surface area contributed by atoms with Gasteiger partial charge in [-0.2, -0.15) is 5.10 Å². The van der Waals surface area contributed by atoms with E-state index >= 15 is 0 Å². The van der Waals surface area contributed by atoms with Crippen molar-refractivity contribution in [3.8, 4) is 0 Å². The Balaban J connectivity index is 2.62. The summed E-state index contributed by atoms with van der Waals surface area (Å²) in [7, 11) is 5.27. The lowest BCUT2D eigenvalue weighted by molar-refractivity contribution is -0.127. The van der Waals surface area contributed by atoms with Crippen molar-refractivity contribution in [1.29, 1.82) is 0 Å². The molecule has 0 saturated carbocycles. The van der Waals surface area contributed by atoms with E-state index in [0.717, 1.165) is 12.4 Å². The van der Waals surface area contributed by atoms with E-state index in [0.29, 0.717) is 18.4 Å². The molecule has 0 radical (unpaired) electrons. The van der Waals surface area contributed by atoms with Crippen LogP contribution in [-0.2, 0) is 18.4 Å². The lowest BCUT2D eigenvalue weighted by atomic mass is 10.2. The number of aromatic nitrogens is 3. The first-order valence-corrected chi connectivity index (χ1v) is 6.95. The number of hydrogen-bond donors (Lipinski definition) is 2. The van der Waals surface area contributed by atoms with Crippen LogP contribution in [0.1, 0.15) is 19.7 Å². The minimum Gasteiger partial charge on any atom is -0.356 e. The number of carbonyl (C=O) groups excluding carboxylic acids is 1. The van der Waals surface area contributed by atoms with E-state index in [9.17, 15) is 4.79 Å². The van der Waals surface area contributed by atoms with E-state index in [4.69, 9.17) is 0 Å². The van der Waals surface area contributed by atoms with Crippen molar-refractivity contribution < 1.29 is 4.79 Å². The van der Waals surface area contributed by atoms with Gasteiger partial charge in [0.2, 0.25) is 5.91 Å². The average molecular weight is 295 g/mol. The Labute approximate surface area is 125 Å². The highest BCUT2D eigenvalue weighted by Gasteiger charge is 2.07. The SMILES string of the molecule is CC(C)CNC(=NCc1ncnn1C)NCC(=O)N(C)C. The quantitative estimate of drug-likeness (QED) is 0.550. The fourth-order valence-electron chi connectivity index (χ4n) is 1.41. The maximum atomic E-state index is 11.6. The Bertz CT molecular complexity index is 479. The zero-order valence-corrected chi connectivity index (χ0v) is 13.4. The summed E-state index contributed by atoms with van der Waals surface area (Å²) in [5, 5.41) is 10.2. The summed E-state index contributed by atoms with van der Waals surface area (Å²) in [6.45, 7) is 5.60. The normalized spacial score (nSPS) is 11.6. The first kappa shape index (κ1) is 16.9. The first-order valence-electron chi connectivity index (χ1n) is 6.95. The van der Waals surface area contributed by atoms with E-state index in [1.54, 1.807) is 18.8 Å². The molecule has 0 aliphatic rings. The molecule has 8 nitrogen and oxygen atoms in total. The topological polar surface area (TPSA) is 87.4 Å². The van der Waals surface area contributed by atoms with Gasteiger partial charge in [-0.25, -0.2) is 9.98 Å². The summed E-state index contributed by atoms with van der Waals surface area (Å²) in [4.78, 5) is 21.7. The van der Waals surface area contributed by atoms with Crippen molar-refractivity contribution in [1.82, 2.24) is 30.3 Å². The smallest absolute Gasteiger partial charge is 0.241 e. The molecule has 1 amide bonds. The molecule has 118 valence electrons. The van der Waals surface area contributed by atoms with Crippen LogP contribution in [-0.4, -0.2) is 58.7 Å². The molecule has 1 aromatic rings. The number of guanidine groups is 1. The fraction of sp³-hybridized carbons (Fsp3) is 0.692. The standard InChI is InChI=1S/C13H25N7O/c1-10(2)6-14-13(16-8-12(21)19(3)4)15-7-11-17-9-18-20(11)5/h9-10H,6-8H2,1-5H3,(H2,14,15,16). The van der Waals surface area contributed by atoms with Gasteiger partial charge in [0.15, 0.2) is 5.96 Å². The van der Waals surface area contributed by atoms with E-state index in [-0.39, 0.29) is 12.5 Å². The minimum atomic E-state index is -0.00675. The lowest BCUT2D eigenvalue weighted by Crippen LogP contribution is -2.44. The van der Waals surface area contributed by atoms with Crippen LogP contribution in [0, 0.1) is 5.92 Å². The Hall–Kier alpha value is -2.12. The summed E-state index contributed by atoms with van der Waals surface area (Å²) in [5.74, 6) is 1.84. The summed E-state index contributed by atoms with van der Waals surface area (Å²) in [6, 6.07) is 0. The Morgan fingerprint density at radius 3 is 2.67 bits per heavy atom. The van der Waals surface area contributed by atoms with Crippen molar-refractivity contribution in [3.05, 3.63) is 12.2 Å². The van der Waals surface area contributed by atoms with Gasteiger partial charge in [-0.15, -0.1) is 0 Å². The second-order valence-corrected chi connectivity index (χ2v) is 5.38. The number of aliphatic imine (C=N–C) groups is 1. The van der Waals surface area contributed by atoms with Crippen LogP contribution in [0.3, 0.4) is 0 Å². The number of amides is 1. The third kappa shape index (κ3) is 6.24. The largest absolute Gasteiger partial charge is 0.356 e. The van der Waals surface area contributed by atoms with Crippen molar-refractivity contribution in [3.63, 3.8) is 0 Å². The molecule has 0 fully saturated rings. The van der Waals surface area contributed by atoms with E-state index < -0.39 is 0 Å². The number of nitrogens with zero attached hydrogens (tertiary/aromatic N) is 5. The molecule has 0 unspecified atom stereocenters. The molecule has 1 rings (SSSR count). The van der Waals surface area contributed by atoms with E-state index in [2.05, 4.69) is 39.6 Å². The summed E-state index contributed by atoms with van der Waals surface area (Å²) in [5.41, 5.74) is 0. The molecule has 0 saturated heterocycles. The molecule has 2 N–H and O–H groups in total. The summed E-state index contributed by atoms with van der Waals surface area (Å²) in [6.07, 6.45) is 1.50. The molecule has 1 heterocycles. The van der Waals surface area contributed by atoms with Gasteiger partial charge in [-0.3, -0.25) is 9.48 Å². The molecular weight excluding hydrogens is 270 g/mol. The zero-order valence-electron chi connectivity index (χ0n) is 13.4. The average Bonchev–Trinajstić information content (AvgIpc) is 2.82. The van der Waals surface area contributed by atoms with Gasteiger partial charge in [-0.05, 0) is 5.92 Å². The molecular formula is C13H25N7O. The minimum absolute atomic E-state index is 0.00675. The molecule has 21 heavy (non-hydrogen) atoms. The molecule has 0 aliphatic carbocycles. The highest BCUT2D eigenvalue weighted by Crippen LogP contribution is 1.94. The van der Waals surface area contributed by atoms with Crippen LogP contribution in [0.15, 0.2) is 11.3 Å². The maximum absolute atomic E-state index is 11.6. The van der Waals surface area contributed by atoms with Gasteiger partial charge in [0.05, 0.1) is 6.54 Å². The van der Waals surface area contributed by atoms with Gasteiger partial charge < -0.3 is 15.5 Å². The number of rotatable bonds is 6. The molecule has 0 aliphatic heterocycles. The van der Waals surface area contributed by atoms with Gasteiger partial charge in [0, 0.05) is 27.7 Å². The van der Waals surface area contributed by atoms with Crippen LogP contribution in [0.2, 0.25) is 0 Å². The van der Waals surface area contributed by atoms with Gasteiger partial charge in [0.1, 0.15) is 18.7 Å². The van der Waals surface area contributed by atoms with Gasteiger partial charge in [0.25, 0.3) is 0 Å². The van der Waals surface area contributed by atoms with Crippen molar-refractivity contribution in [2.45, 2.75) is 20.4 Å². The third-order valence-corrected chi connectivity index (χ3v) is 2.77. The molecule has 0 spiro atoms. The van der Waals surface area contributed by atoms with Crippen molar-refractivity contribution in [2.75, 3.05) is 27.2 Å². The third-order valence-electron chi connectivity index (χ3n) is 2.77. The van der Waals surface area contributed by atoms with Crippen LogP contribution in [0.25, 0.3) is 0 Å². The van der Waals surface area contributed by atoms with Crippen molar-refractivity contribution in [2.24, 2.45) is 18.0 Å². The molecule has 0 atom stereocenters. The van der Waals surface area contributed by atoms with Gasteiger partial charge >= 0.3 is 0 Å². The molecule has 0 bridgehead atoms. The number of hydrogen-bond acceptors (Lipinski definition) is 4. The summed E-state index contributed by atoms with van der Waals surface area (Å²) < 4.78 is 1.68. The van der Waals surface area contributed by atoms with Crippen molar-refractivity contribution >= 4 is 11.9 Å². The van der Waals surface area contributed by atoms with E-state index in [1.807, 2.05) is 7.05 Å². The predicted molar refractivity (Wildman–Crippen MR) is 81.7 cm³/mol. The first-order chi connectivity index (χ1) is 9.90. The molecule has 8 heteroatoms. The van der Waals surface area contributed by atoms with E-state index in [1.165, 1.54) is 11.2 Å². The molecule has 0 aromatic carbocycles. The number of nitrogens with one attached hydrogen (secondary N) is 2. The molecule has 1 aromatic heterocycles. The predicted octanol–water partition coefficient (Wildman–Crippen LogP) is -0.405. The second-order valence-electron chi connectivity index (χ2n) is 5.38. The lowest BCUT2D eigenvalue weighted by Gasteiger charge is -2.15. The highest BCUT2D eigenvalue weighted by molar-refractivity contribution is 5.86. The second kappa shape index (κ2) is 8.23.